The van der Waals surface area contributed by atoms with E-state index in [2.05, 4.69) is 25.1 Å². The highest BCUT2D eigenvalue weighted by atomic mass is 16.2. The molecule has 16 heavy (non-hydrogen) atoms. The minimum atomic E-state index is 0.178. The molecule has 0 heterocycles. The van der Waals surface area contributed by atoms with Gasteiger partial charge in [-0.3, -0.25) is 4.79 Å². The zero-order valence-electron chi connectivity index (χ0n) is 10.2. The summed E-state index contributed by atoms with van der Waals surface area (Å²) in [7, 11) is 1.83. The van der Waals surface area contributed by atoms with Gasteiger partial charge in [-0.25, -0.2) is 0 Å². The zero-order chi connectivity index (χ0) is 12.0. The van der Waals surface area contributed by atoms with Crippen LogP contribution in [-0.2, 0) is 4.79 Å². The number of nitrogens with zero attached hydrogens (tertiary/aromatic N) is 1. The molecule has 0 aliphatic heterocycles. The van der Waals surface area contributed by atoms with Gasteiger partial charge in [0.2, 0.25) is 5.91 Å². The van der Waals surface area contributed by atoms with Gasteiger partial charge < -0.3 is 4.90 Å². The largest absolute Gasteiger partial charge is 0.342 e. The van der Waals surface area contributed by atoms with Crippen molar-refractivity contribution < 1.29 is 4.79 Å². The van der Waals surface area contributed by atoms with Gasteiger partial charge >= 0.3 is 0 Å². The fraction of sp³-hybridized carbons (Fsp3) is 0.357. The Labute approximate surface area is 97.6 Å². The Morgan fingerprint density at radius 2 is 1.94 bits per heavy atom. The van der Waals surface area contributed by atoms with Crippen LogP contribution in [0.5, 0.6) is 0 Å². The fourth-order valence-corrected chi connectivity index (χ4v) is 1.46. The first-order valence-electron chi connectivity index (χ1n) is 5.61. The van der Waals surface area contributed by atoms with E-state index in [1.54, 1.807) is 4.90 Å². The first kappa shape index (κ1) is 12.5. The molecule has 0 aliphatic carbocycles. The molecule has 0 radical (unpaired) electrons. The Morgan fingerprint density at radius 1 is 1.31 bits per heavy atom. The molecule has 86 valence electrons. The SMILES string of the molecule is CCC(=O)N(C)C/C=C(/C)c1ccccc1. The Hall–Kier alpha value is -1.57. The molecule has 0 saturated heterocycles. The lowest BCUT2D eigenvalue weighted by Gasteiger charge is -2.14. The van der Waals surface area contributed by atoms with E-state index in [0.717, 1.165) is 0 Å². The molecule has 1 rings (SSSR count). The fourth-order valence-electron chi connectivity index (χ4n) is 1.46. The van der Waals surface area contributed by atoms with E-state index in [9.17, 15) is 4.79 Å². The molecule has 0 atom stereocenters. The van der Waals surface area contributed by atoms with Crippen LogP contribution < -0.4 is 0 Å². The number of rotatable bonds is 4. The predicted octanol–water partition coefficient (Wildman–Crippen LogP) is 2.96. The third-order valence-corrected chi connectivity index (χ3v) is 2.63. The monoisotopic (exact) mass is 217 g/mol. The van der Waals surface area contributed by atoms with Crippen molar-refractivity contribution in [3.05, 3.63) is 42.0 Å². The van der Waals surface area contributed by atoms with E-state index < -0.39 is 0 Å². The summed E-state index contributed by atoms with van der Waals surface area (Å²) in [6, 6.07) is 10.2. The number of likely N-dealkylation sites (N-methyl/N-ethyl adjacent to an activating group) is 1. The molecule has 1 aromatic carbocycles. The van der Waals surface area contributed by atoms with Gasteiger partial charge in [-0.15, -0.1) is 0 Å². The normalized spacial score (nSPS) is 11.3. The lowest BCUT2D eigenvalue weighted by Crippen LogP contribution is -2.25. The van der Waals surface area contributed by atoms with Crippen LogP contribution in [0.2, 0.25) is 0 Å². The molecule has 0 unspecified atom stereocenters. The minimum absolute atomic E-state index is 0.178. The van der Waals surface area contributed by atoms with Crippen molar-refractivity contribution in [1.82, 2.24) is 4.90 Å². The lowest BCUT2D eigenvalue weighted by molar-refractivity contribution is -0.129. The zero-order valence-corrected chi connectivity index (χ0v) is 10.2. The number of hydrogen-bond donors (Lipinski definition) is 0. The summed E-state index contributed by atoms with van der Waals surface area (Å²) in [5.41, 5.74) is 2.41. The van der Waals surface area contributed by atoms with Crippen LogP contribution >= 0.6 is 0 Å². The molecule has 0 bridgehead atoms. The highest BCUT2D eigenvalue weighted by Crippen LogP contribution is 2.12. The quantitative estimate of drug-likeness (QED) is 0.759. The summed E-state index contributed by atoms with van der Waals surface area (Å²) in [4.78, 5) is 13.1. The Balaban J connectivity index is 2.62. The van der Waals surface area contributed by atoms with Crippen molar-refractivity contribution in [3.8, 4) is 0 Å². The first-order valence-corrected chi connectivity index (χ1v) is 5.61. The average molecular weight is 217 g/mol. The average Bonchev–Trinajstić information content (AvgIpc) is 2.35. The highest BCUT2D eigenvalue weighted by molar-refractivity contribution is 5.76. The van der Waals surface area contributed by atoms with E-state index in [-0.39, 0.29) is 5.91 Å². The smallest absolute Gasteiger partial charge is 0.222 e. The third-order valence-electron chi connectivity index (χ3n) is 2.63. The molecule has 0 N–H and O–H groups in total. The van der Waals surface area contributed by atoms with Crippen LogP contribution in [-0.4, -0.2) is 24.4 Å². The number of amides is 1. The molecular formula is C14H19NO. The van der Waals surface area contributed by atoms with Gasteiger partial charge in [0.05, 0.1) is 0 Å². The second-order valence-electron chi connectivity index (χ2n) is 3.88. The summed E-state index contributed by atoms with van der Waals surface area (Å²) in [5.74, 6) is 0.178. The number of allylic oxidation sites excluding steroid dienone is 1. The van der Waals surface area contributed by atoms with Gasteiger partial charge in [-0.05, 0) is 18.1 Å². The van der Waals surface area contributed by atoms with E-state index in [4.69, 9.17) is 0 Å². The van der Waals surface area contributed by atoms with E-state index in [1.807, 2.05) is 32.2 Å². The minimum Gasteiger partial charge on any atom is -0.342 e. The van der Waals surface area contributed by atoms with Gasteiger partial charge in [0.25, 0.3) is 0 Å². The first-order chi connectivity index (χ1) is 7.65. The maximum atomic E-state index is 11.4. The van der Waals surface area contributed by atoms with Crippen molar-refractivity contribution in [1.29, 1.82) is 0 Å². The van der Waals surface area contributed by atoms with Crippen LogP contribution in [0.4, 0.5) is 0 Å². The van der Waals surface area contributed by atoms with Crippen LogP contribution in [0.25, 0.3) is 5.57 Å². The van der Waals surface area contributed by atoms with Crippen LogP contribution in [0.3, 0.4) is 0 Å². The molecule has 0 saturated carbocycles. The van der Waals surface area contributed by atoms with Crippen LogP contribution in [0.1, 0.15) is 25.8 Å². The van der Waals surface area contributed by atoms with E-state index in [0.29, 0.717) is 13.0 Å². The number of benzene rings is 1. The van der Waals surface area contributed by atoms with Crippen molar-refractivity contribution in [3.63, 3.8) is 0 Å². The third kappa shape index (κ3) is 3.54. The van der Waals surface area contributed by atoms with Gasteiger partial charge in [0.15, 0.2) is 0 Å². The predicted molar refractivity (Wildman–Crippen MR) is 68.0 cm³/mol. The molecule has 0 aromatic heterocycles. The standard InChI is InChI=1S/C14H19NO/c1-4-14(16)15(3)11-10-12(2)13-8-6-5-7-9-13/h5-10H,4,11H2,1-3H3/b12-10-. The van der Waals surface area contributed by atoms with E-state index >= 15 is 0 Å². The summed E-state index contributed by atoms with van der Waals surface area (Å²) in [6.45, 7) is 4.62. The Bertz CT molecular complexity index is 368. The summed E-state index contributed by atoms with van der Waals surface area (Å²) < 4.78 is 0. The second kappa shape index (κ2) is 6.11. The van der Waals surface area contributed by atoms with Crippen molar-refractivity contribution in [2.75, 3.05) is 13.6 Å². The van der Waals surface area contributed by atoms with Crippen molar-refractivity contribution in [2.24, 2.45) is 0 Å². The van der Waals surface area contributed by atoms with Crippen LogP contribution in [0.15, 0.2) is 36.4 Å². The molecule has 0 fully saturated rings. The second-order valence-corrected chi connectivity index (χ2v) is 3.88. The summed E-state index contributed by atoms with van der Waals surface area (Å²) in [6.07, 6.45) is 2.65. The Morgan fingerprint density at radius 3 is 2.50 bits per heavy atom. The molecule has 0 aliphatic rings. The van der Waals surface area contributed by atoms with Gasteiger partial charge in [-0.2, -0.15) is 0 Å². The molecule has 2 nitrogen and oxygen atoms in total. The molecule has 2 heteroatoms. The number of carbonyl (C=O) groups is 1. The lowest BCUT2D eigenvalue weighted by atomic mass is 10.1. The Kier molecular flexibility index (Phi) is 4.77. The maximum Gasteiger partial charge on any atom is 0.222 e. The summed E-state index contributed by atoms with van der Waals surface area (Å²) >= 11 is 0. The highest BCUT2D eigenvalue weighted by Gasteiger charge is 2.03. The molecular weight excluding hydrogens is 198 g/mol. The molecule has 1 amide bonds. The van der Waals surface area contributed by atoms with Crippen molar-refractivity contribution >= 4 is 11.5 Å². The van der Waals surface area contributed by atoms with Crippen LogP contribution in [0, 0.1) is 0 Å². The topological polar surface area (TPSA) is 20.3 Å². The number of hydrogen-bond acceptors (Lipinski definition) is 1. The van der Waals surface area contributed by atoms with E-state index in [1.165, 1.54) is 11.1 Å². The maximum absolute atomic E-state index is 11.4. The summed E-state index contributed by atoms with van der Waals surface area (Å²) in [5, 5.41) is 0. The van der Waals surface area contributed by atoms with Gasteiger partial charge in [0, 0.05) is 20.0 Å². The van der Waals surface area contributed by atoms with Crippen molar-refractivity contribution in [2.45, 2.75) is 20.3 Å². The molecule has 0 spiro atoms. The van der Waals surface area contributed by atoms with Gasteiger partial charge in [-0.1, -0.05) is 43.3 Å². The number of carbonyl (C=O) groups excluding carboxylic acids is 1. The molecule has 1 aromatic rings. The van der Waals surface area contributed by atoms with Gasteiger partial charge in [0.1, 0.15) is 0 Å².